The largest absolute Gasteiger partial charge is 0.463 e. The summed E-state index contributed by atoms with van der Waals surface area (Å²) in [7, 11) is 0. The topological polar surface area (TPSA) is 52.6 Å². The van der Waals surface area contributed by atoms with Crippen LogP contribution in [0.25, 0.3) is 0 Å². The molecule has 3 atom stereocenters. The van der Waals surface area contributed by atoms with E-state index in [0.717, 1.165) is 17.8 Å². The summed E-state index contributed by atoms with van der Waals surface area (Å²) in [4.78, 5) is 25.3. The third kappa shape index (κ3) is 6.72. The standard InChI is InChI=1S/C26H46O4/c1-9-18-10-19-12-20(11-18)14-21(13-19)15-29-22(27)16-30-23(28)26(8,25(5,6)7)17-24(2,3)4/h18-21H,9-17H2,1-8H3. The Morgan fingerprint density at radius 2 is 1.33 bits per heavy atom. The molecule has 30 heavy (non-hydrogen) atoms. The molecule has 0 aromatic carbocycles. The predicted octanol–water partition coefficient (Wildman–Crippen LogP) is 6.41. The Morgan fingerprint density at radius 1 is 0.800 bits per heavy atom. The lowest BCUT2D eigenvalue weighted by atomic mass is 9.61. The van der Waals surface area contributed by atoms with Crippen LogP contribution >= 0.6 is 0 Å². The first kappa shape index (κ1) is 25.2. The molecule has 0 amide bonds. The van der Waals surface area contributed by atoms with Crippen molar-refractivity contribution in [2.24, 2.45) is 39.9 Å². The summed E-state index contributed by atoms with van der Waals surface area (Å²) in [5.41, 5.74) is -0.947. The molecule has 0 aromatic rings. The van der Waals surface area contributed by atoms with Gasteiger partial charge in [-0.05, 0) is 80.0 Å². The van der Waals surface area contributed by atoms with E-state index in [4.69, 9.17) is 9.47 Å². The van der Waals surface area contributed by atoms with Gasteiger partial charge in [0, 0.05) is 0 Å². The van der Waals surface area contributed by atoms with Crippen molar-refractivity contribution in [3.63, 3.8) is 0 Å². The van der Waals surface area contributed by atoms with Crippen molar-refractivity contribution >= 4 is 11.9 Å². The van der Waals surface area contributed by atoms with Gasteiger partial charge in [-0.2, -0.15) is 0 Å². The Kier molecular flexibility index (Phi) is 8.07. The van der Waals surface area contributed by atoms with Gasteiger partial charge in [-0.1, -0.05) is 54.9 Å². The van der Waals surface area contributed by atoms with E-state index in [1.54, 1.807) is 0 Å². The van der Waals surface area contributed by atoms with E-state index >= 15 is 0 Å². The van der Waals surface area contributed by atoms with Crippen molar-refractivity contribution in [3.05, 3.63) is 0 Å². The first-order valence-corrected chi connectivity index (χ1v) is 12.1. The number of carbonyl (C=O) groups excluding carboxylic acids is 2. The fourth-order valence-electron chi connectivity index (χ4n) is 5.84. The highest BCUT2D eigenvalue weighted by atomic mass is 16.6. The molecular formula is C26H46O4. The third-order valence-corrected chi connectivity index (χ3v) is 7.70. The van der Waals surface area contributed by atoms with Crippen molar-refractivity contribution < 1.29 is 19.1 Å². The van der Waals surface area contributed by atoms with Crippen LogP contribution in [0.1, 0.15) is 100 Å². The maximum Gasteiger partial charge on any atom is 0.344 e. The average Bonchev–Trinajstić information content (AvgIpc) is 2.61. The number of carbonyl (C=O) groups is 2. The van der Waals surface area contributed by atoms with E-state index in [1.807, 2.05) is 6.92 Å². The van der Waals surface area contributed by atoms with Crippen LogP contribution < -0.4 is 0 Å². The minimum atomic E-state index is -0.665. The third-order valence-electron chi connectivity index (χ3n) is 7.70. The number of hydrogen-bond acceptors (Lipinski definition) is 4. The first-order chi connectivity index (χ1) is 13.7. The molecule has 0 N–H and O–H groups in total. The fourth-order valence-corrected chi connectivity index (χ4v) is 5.84. The van der Waals surface area contributed by atoms with Crippen molar-refractivity contribution in [1.29, 1.82) is 0 Å². The van der Waals surface area contributed by atoms with Crippen molar-refractivity contribution in [3.8, 4) is 0 Å². The lowest BCUT2D eigenvalue weighted by Crippen LogP contribution is -2.44. The Balaban J connectivity index is 1.82. The fraction of sp³-hybridized carbons (Fsp3) is 0.923. The van der Waals surface area contributed by atoms with Gasteiger partial charge in [0.1, 0.15) is 0 Å². The van der Waals surface area contributed by atoms with Crippen LogP contribution in [0, 0.1) is 39.9 Å². The van der Waals surface area contributed by atoms with E-state index in [1.165, 1.54) is 38.5 Å². The molecule has 3 unspecified atom stereocenters. The quantitative estimate of drug-likeness (QED) is 0.445. The first-order valence-electron chi connectivity index (χ1n) is 12.1. The summed E-state index contributed by atoms with van der Waals surface area (Å²) in [6.45, 7) is 17.0. The zero-order chi connectivity index (χ0) is 22.7. The van der Waals surface area contributed by atoms with Crippen molar-refractivity contribution in [1.82, 2.24) is 0 Å². The second-order valence-electron chi connectivity index (χ2n) is 12.6. The zero-order valence-corrected chi connectivity index (χ0v) is 20.8. The van der Waals surface area contributed by atoms with E-state index in [0.29, 0.717) is 18.9 Å². The van der Waals surface area contributed by atoms with Gasteiger partial charge in [0.2, 0.25) is 0 Å². The molecule has 0 aliphatic heterocycles. The van der Waals surface area contributed by atoms with Gasteiger partial charge in [0.15, 0.2) is 6.61 Å². The molecule has 4 heteroatoms. The molecule has 174 valence electrons. The normalized spacial score (nSPS) is 29.1. The van der Waals surface area contributed by atoms with Crippen LogP contribution in [-0.4, -0.2) is 25.2 Å². The Bertz CT molecular complexity index is 583. The predicted molar refractivity (Wildman–Crippen MR) is 121 cm³/mol. The Labute approximate surface area is 184 Å². The monoisotopic (exact) mass is 422 g/mol. The molecule has 2 aliphatic carbocycles. The smallest absolute Gasteiger partial charge is 0.344 e. The summed E-state index contributed by atoms with van der Waals surface area (Å²) in [5.74, 6) is 2.23. The Hall–Kier alpha value is -1.06. The molecule has 0 aromatic heterocycles. The highest BCUT2D eigenvalue weighted by molar-refractivity contribution is 5.80. The number of ether oxygens (including phenoxy) is 2. The molecular weight excluding hydrogens is 376 g/mol. The lowest BCUT2D eigenvalue weighted by Gasteiger charge is -2.43. The van der Waals surface area contributed by atoms with E-state index in [2.05, 4.69) is 48.5 Å². The SMILES string of the molecule is CCC1CC2CC(COC(=O)COC(=O)C(C)(CC(C)(C)C)C(C)(C)C)CC(C1)C2. The number of hydrogen-bond donors (Lipinski definition) is 0. The van der Waals surface area contributed by atoms with Crippen molar-refractivity contribution in [2.45, 2.75) is 100 Å². The number of esters is 2. The van der Waals surface area contributed by atoms with Gasteiger partial charge in [-0.3, -0.25) is 4.79 Å². The second kappa shape index (κ2) is 9.61. The van der Waals surface area contributed by atoms with Gasteiger partial charge in [-0.25, -0.2) is 4.79 Å². The molecule has 4 nitrogen and oxygen atoms in total. The van der Waals surface area contributed by atoms with Crippen LogP contribution in [0.4, 0.5) is 0 Å². The molecule has 2 bridgehead atoms. The van der Waals surface area contributed by atoms with E-state index in [-0.39, 0.29) is 23.4 Å². The van der Waals surface area contributed by atoms with E-state index < -0.39 is 11.4 Å². The molecule has 2 rings (SSSR count). The maximum absolute atomic E-state index is 13.0. The molecule has 2 aliphatic rings. The summed E-state index contributed by atoms with van der Waals surface area (Å²) in [6.07, 6.45) is 8.38. The highest BCUT2D eigenvalue weighted by Crippen LogP contribution is 2.48. The minimum Gasteiger partial charge on any atom is -0.463 e. The summed E-state index contributed by atoms with van der Waals surface area (Å²) in [6, 6.07) is 0. The second-order valence-corrected chi connectivity index (χ2v) is 12.6. The van der Waals surface area contributed by atoms with Crippen molar-refractivity contribution in [2.75, 3.05) is 13.2 Å². The highest BCUT2D eigenvalue weighted by Gasteiger charge is 2.48. The van der Waals surface area contributed by atoms with Gasteiger partial charge >= 0.3 is 11.9 Å². The van der Waals surface area contributed by atoms with Gasteiger partial charge in [0.25, 0.3) is 0 Å². The molecule has 0 radical (unpaired) electrons. The average molecular weight is 423 g/mol. The summed E-state index contributed by atoms with van der Waals surface area (Å²) >= 11 is 0. The van der Waals surface area contributed by atoms with Gasteiger partial charge in [-0.15, -0.1) is 0 Å². The lowest BCUT2D eigenvalue weighted by molar-refractivity contribution is -0.172. The number of rotatable bonds is 7. The molecule has 0 spiro atoms. The molecule has 0 saturated heterocycles. The minimum absolute atomic E-state index is 0.0165. The maximum atomic E-state index is 13.0. The van der Waals surface area contributed by atoms with Crippen LogP contribution in [-0.2, 0) is 19.1 Å². The number of fused-ring (bicyclic) bond motifs is 2. The molecule has 2 saturated carbocycles. The van der Waals surface area contributed by atoms with E-state index in [9.17, 15) is 9.59 Å². The van der Waals surface area contributed by atoms with Crippen LogP contribution in [0.15, 0.2) is 0 Å². The van der Waals surface area contributed by atoms with Gasteiger partial charge < -0.3 is 9.47 Å². The summed E-state index contributed by atoms with van der Waals surface area (Å²) in [5, 5.41) is 0. The summed E-state index contributed by atoms with van der Waals surface area (Å²) < 4.78 is 11.0. The van der Waals surface area contributed by atoms with Crippen LogP contribution in [0.5, 0.6) is 0 Å². The van der Waals surface area contributed by atoms with Crippen LogP contribution in [0.3, 0.4) is 0 Å². The molecule has 2 fully saturated rings. The Morgan fingerprint density at radius 3 is 1.80 bits per heavy atom. The van der Waals surface area contributed by atoms with Crippen LogP contribution in [0.2, 0.25) is 0 Å². The molecule has 0 heterocycles. The van der Waals surface area contributed by atoms with Gasteiger partial charge in [0.05, 0.1) is 12.0 Å². The zero-order valence-electron chi connectivity index (χ0n) is 20.8.